The number of hydrogen-bond acceptors (Lipinski definition) is 4. The summed E-state index contributed by atoms with van der Waals surface area (Å²) in [6, 6.07) is 9.29. The van der Waals surface area contributed by atoms with Gasteiger partial charge in [0, 0.05) is 44.3 Å². The number of ether oxygens (including phenoxy) is 1. The van der Waals surface area contributed by atoms with E-state index in [-0.39, 0.29) is 22.8 Å². The highest BCUT2D eigenvalue weighted by Crippen LogP contribution is 2.43. The van der Waals surface area contributed by atoms with Crippen molar-refractivity contribution >= 4 is 17.5 Å². The molecule has 142 valence electrons. The SMILES string of the molecule is COC1(CC(=O)N2CCC3(CC(=O)N(c4cccc(C#N)c4)C3)C2)CCC1. The van der Waals surface area contributed by atoms with Crippen LogP contribution in [0.1, 0.15) is 44.1 Å². The molecular weight excluding hydrogens is 342 g/mol. The summed E-state index contributed by atoms with van der Waals surface area (Å²) in [7, 11) is 1.70. The lowest BCUT2D eigenvalue weighted by molar-refractivity contribution is -0.143. The summed E-state index contributed by atoms with van der Waals surface area (Å²) < 4.78 is 5.60. The quantitative estimate of drug-likeness (QED) is 0.819. The van der Waals surface area contributed by atoms with Gasteiger partial charge in [0.15, 0.2) is 0 Å². The number of nitriles is 1. The summed E-state index contributed by atoms with van der Waals surface area (Å²) >= 11 is 0. The van der Waals surface area contributed by atoms with Crippen molar-refractivity contribution in [2.24, 2.45) is 5.41 Å². The van der Waals surface area contributed by atoms with Crippen LogP contribution in [0.5, 0.6) is 0 Å². The molecule has 2 amide bonds. The Morgan fingerprint density at radius 1 is 1.30 bits per heavy atom. The molecule has 0 radical (unpaired) electrons. The Morgan fingerprint density at radius 3 is 2.78 bits per heavy atom. The highest BCUT2D eigenvalue weighted by Gasteiger charge is 2.50. The number of rotatable bonds is 4. The molecule has 1 aromatic rings. The predicted octanol–water partition coefficient (Wildman–Crippen LogP) is 2.47. The van der Waals surface area contributed by atoms with Crippen molar-refractivity contribution in [1.29, 1.82) is 5.26 Å². The van der Waals surface area contributed by atoms with Crippen molar-refractivity contribution in [2.45, 2.75) is 44.1 Å². The van der Waals surface area contributed by atoms with Crippen LogP contribution < -0.4 is 4.90 Å². The van der Waals surface area contributed by atoms with Gasteiger partial charge in [-0.25, -0.2) is 0 Å². The molecule has 2 heterocycles. The summed E-state index contributed by atoms with van der Waals surface area (Å²) in [6.07, 6.45) is 4.78. The first-order chi connectivity index (χ1) is 13.0. The highest BCUT2D eigenvalue weighted by atomic mass is 16.5. The van der Waals surface area contributed by atoms with E-state index in [0.29, 0.717) is 38.0 Å². The van der Waals surface area contributed by atoms with Crippen molar-refractivity contribution in [2.75, 3.05) is 31.6 Å². The van der Waals surface area contributed by atoms with E-state index in [9.17, 15) is 9.59 Å². The Bertz CT molecular complexity index is 806. The third-order valence-corrected chi connectivity index (χ3v) is 6.57. The first kappa shape index (κ1) is 18.0. The van der Waals surface area contributed by atoms with Crippen molar-refractivity contribution in [1.82, 2.24) is 4.90 Å². The molecule has 27 heavy (non-hydrogen) atoms. The number of benzene rings is 1. The van der Waals surface area contributed by atoms with Gasteiger partial charge in [0.2, 0.25) is 11.8 Å². The Labute approximate surface area is 159 Å². The summed E-state index contributed by atoms with van der Waals surface area (Å²) in [6.45, 7) is 1.95. The normalized spacial score (nSPS) is 26.3. The van der Waals surface area contributed by atoms with Crippen molar-refractivity contribution in [3.05, 3.63) is 29.8 Å². The van der Waals surface area contributed by atoms with Crippen LogP contribution >= 0.6 is 0 Å². The first-order valence-electron chi connectivity index (χ1n) is 9.62. The minimum atomic E-state index is -0.262. The van der Waals surface area contributed by atoms with Crippen LogP contribution in [0.3, 0.4) is 0 Å². The van der Waals surface area contributed by atoms with Crippen LogP contribution in [0.25, 0.3) is 0 Å². The van der Waals surface area contributed by atoms with Gasteiger partial charge in [-0.15, -0.1) is 0 Å². The molecule has 6 heteroatoms. The van der Waals surface area contributed by atoms with E-state index in [1.165, 1.54) is 0 Å². The number of methoxy groups -OCH3 is 1. The number of carbonyl (C=O) groups excluding carboxylic acids is 2. The monoisotopic (exact) mass is 367 g/mol. The summed E-state index contributed by atoms with van der Waals surface area (Å²) in [5, 5.41) is 9.10. The smallest absolute Gasteiger partial charge is 0.227 e. The number of likely N-dealkylation sites (tertiary alicyclic amines) is 1. The average molecular weight is 367 g/mol. The van der Waals surface area contributed by atoms with Crippen LogP contribution in [0.2, 0.25) is 0 Å². The van der Waals surface area contributed by atoms with Crippen molar-refractivity contribution in [3.8, 4) is 6.07 Å². The number of nitrogens with zero attached hydrogens (tertiary/aromatic N) is 3. The number of anilines is 1. The van der Waals surface area contributed by atoms with Crippen molar-refractivity contribution in [3.63, 3.8) is 0 Å². The zero-order chi connectivity index (χ0) is 19.1. The molecule has 3 fully saturated rings. The van der Waals surface area contributed by atoms with E-state index in [1.54, 1.807) is 30.2 Å². The lowest BCUT2D eigenvalue weighted by atomic mass is 9.77. The second-order valence-corrected chi connectivity index (χ2v) is 8.30. The largest absolute Gasteiger partial charge is 0.378 e. The molecule has 0 N–H and O–H groups in total. The summed E-state index contributed by atoms with van der Waals surface area (Å²) in [4.78, 5) is 29.1. The predicted molar refractivity (Wildman–Crippen MR) is 100.0 cm³/mol. The molecule has 6 nitrogen and oxygen atoms in total. The minimum absolute atomic E-state index is 0.0757. The molecular formula is C21H25N3O3. The van der Waals surface area contributed by atoms with Crippen LogP contribution in [0.15, 0.2) is 24.3 Å². The Hall–Kier alpha value is -2.39. The van der Waals surface area contributed by atoms with Gasteiger partial charge in [0.25, 0.3) is 0 Å². The van der Waals surface area contributed by atoms with Crippen LogP contribution in [-0.2, 0) is 14.3 Å². The summed E-state index contributed by atoms with van der Waals surface area (Å²) in [5.74, 6) is 0.220. The van der Waals surface area contributed by atoms with Gasteiger partial charge < -0.3 is 14.5 Å². The summed E-state index contributed by atoms with van der Waals surface area (Å²) in [5.41, 5.74) is 0.889. The molecule has 0 aromatic heterocycles. The van der Waals surface area contributed by atoms with Gasteiger partial charge in [-0.2, -0.15) is 5.26 Å². The van der Waals surface area contributed by atoms with Gasteiger partial charge in [-0.3, -0.25) is 9.59 Å². The van der Waals surface area contributed by atoms with Gasteiger partial charge in [0.05, 0.1) is 23.7 Å². The van der Waals surface area contributed by atoms with E-state index in [4.69, 9.17) is 10.00 Å². The van der Waals surface area contributed by atoms with Crippen LogP contribution in [-0.4, -0.2) is 49.1 Å². The van der Waals surface area contributed by atoms with E-state index in [1.807, 2.05) is 11.0 Å². The molecule has 1 atom stereocenters. The van der Waals surface area contributed by atoms with Gasteiger partial charge >= 0.3 is 0 Å². The second kappa shape index (κ2) is 6.65. The number of carbonyl (C=O) groups is 2. The molecule has 4 rings (SSSR count). The van der Waals surface area contributed by atoms with Gasteiger partial charge in [0.1, 0.15) is 0 Å². The number of hydrogen-bond donors (Lipinski definition) is 0. The maximum Gasteiger partial charge on any atom is 0.227 e. The molecule has 2 aliphatic heterocycles. The van der Waals surface area contributed by atoms with Gasteiger partial charge in [-0.05, 0) is 43.9 Å². The molecule has 1 aromatic carbocycles. The van der Waals surface area contributed by atoms with Crippen LogP contribution in [0.4, 0.5) is 5.69 Å². The fourth-order valence-corrected chi connectivity index (χ4v) is 4.71. The lowest BCUT2D eigenvalue weighted by Crippen LogP contribution is -2.45. The van der Waals surface area contributed by atoms with Gasteiger partial charge in [-0.1, -0.05) is 6.07 Å². The zero-order valence-corrected chi connectivity index (χ0v) is 15.7. The second-order valence-electron chi connectivity index (χ2n) is 8.30. The Kier molecular flexibility index (Phi) is 4.43. The third-order valence-electron chi connectivity index (χ3n) is 6.57. The molecule has 1 saturated carbocycles. The molecule has 1 spiro atoms. The molecule has 1 aliphatic carbocycles. The standard InChI is InChI=1S/C21H25N3O3/c1-27-21(6-3-7-21)12-18(25)23-9-8-20(14-23)11-19(26)24(15-20)17-5-2-4-16(10-17)13-22/h2,4-5,10H,3,6-9,11-12,14-15H2,1H3. The molecule has 3 aliphatic rings. The maximum absolute atomic E-state index is 12.8. The van der Waals surface area contributed by atoms with Crippen molar-refractivity contribution < 1.29 is 14.3 Å². The lowest BCUT2D eigenvalue weighted by Gasteiger charge is -2.40. The molecule has 0 bridgehead atoms. The number of amides is 2. The van der Waals surface area contributed by atoms with E-state index >= 15 is 0 Å². The van der Waals surface area contributed by atoms with E-state index in [0.717, 1.165) is 31.4 Å². The molecule has 2 saturated heterocycles. The van der Waals surface area contributed by atoms with E-state index < -0.39 is 0 Å². The first-order valence-corrected chi connectivity index (χ1v) is 9.62. The van der Waals surface area contributed by atoms with Crippen LogP contribution in [0, 0.1) is 16.7 Å². The fourth-order valence-electron chi connectivity index (χ4n) is 4.71. The minimum Gasteiger partial charge on any atom is -0.378 e. The maximum atomic E-state index is 12.8. The van der Waals surface area contributed by atoms with E-state index in [2.05, 4.69) is 6.07 Å². The highest BCUT2D eigenvalue weighted by molar-refractivity contribution is 5.96. The topological polar surface area (TPSA) is 73.6 Å². The zero-order valence-electron chi connectivity index (χ0n) is 15.7. The Morgan fingerprint density at radius 2 is 2.11 bits per heavy atom. The molecule has 1 unspecified atom stereocenters. The third kappa shape index (κ3) is 3.21. The fraction of sp³-hybridized carbons (Fsp3) is 0.571. The average Bonchev–Trinajstić information content (AvgIpc) is 3.21. The Balaban J connectivity index is 1.44.